The van der Waals surface area contributed by atoms with Gasteiger partial charge in [-0.25, -0.2) is 9.59 Å². The molecule has 2 aromatic carbocycles. The number of hydrogen-bond donors (Lipinski definition) is 4. The van der Waals surface area contributed by atoms with Crippen LogP contribution in [0, 0.1) is 5.92 Å². The van der Waals surface area contributed by atoms with Gasteiger partial charge in [-0.15, -0.1) is 0 Å². The molecule has 13 heteroatoms. The molecular weight excluding hydrogens is 642 g/mol. The van der Waals surface area contributed by atoms with E-state index >= 15 is 0 Å². The molecule has 4 N–H and O–H groups in total. The third kappa shape index (κ3) is 9.94. The van der Waals surface area contributed by atoms with Crippen LogP contribution >= 0.6 is 0 Å². The fourth-order valence-electron chi connectivity index (χ4n) is 6.62. The number of aliphatic hydroxyl groups is 1. The standard InChI is InChI=1S/C37H53N5O8/c1-24-20-42(25(2)22-43)35(44)30-18-28(38-36(45)39-29-14-16-32-33(19-29)49-23-48-32)13-15-31(30)50-26(3)10-8-9-17-47-34(24)21-41(4)37(46)40-27-11-6-5-7-12-27/h13-16,18-19,24-27,34,43H,5-12,17,20-23H2,1-4H3,(H,40,46)(H2,38,39,45)/t24-,25+,26-,34-/m1/s1. The minimum atomic E-state index is -0.526. The Labute approximate surface area is 294 Å². The molecule has 0 spiro atoms. The Bertz CT molecular complexity index is 1470. The molecule has 1 saturated carbocycles. The molecule has 0 radical (unpaired) electrons. The molecule has 5 rings (SSSR count). The maximum atomic E-state index is 14.4. The SMILES string of the molecule is C[C@@H]1CCCCO[C@H](CN(C)C(=O)NC2CCCCC2)[C@H](C)CN([C@@H](C)CO)C(=O)c2cc(NC(=O)Nc3ccc4c(c3)OCO4)ccc2O1. The van der Waals surface area contributed by atoms with Crippen LogP contribution in [0.15, 0.2) is 36.4 Å². The van der Waals surface area contributed by atoms with Crippen LogP contribution < -0.4 is 30.2 Å². The minimum absolute atomic E-state index is 0.119. The van der Waals surface area contributed by atoms with Crippen molar-refractivity contribution in [1.29, 1.82) is 0 Å². The summed E-state index contributed by atoms with van der Waals surface area (Å²) in [4.78, 5) is 43.9. The highest BCUT2D eigenvalue weighted by Gasteiger charge is 2.31. The maximum absolute atomic E-state index is 14.4. The van der Waals surface area contributed by atoms with Crippen LogP contribution in [0.25, 0.3) is 0 Å². The number of rotatable bonds is 7. The van der Waals surface area contributed by atoms with Crippen LogP contribution in [-0.2, 0) is 4.74 Å². The van der Waals surface area contributed by atoms with Crippen LogP contribution in [0.2, 0.25) is 0 Å². The third-order valence-corrected chi connectivity index (χ3v) is 9.67. The van der Waals surface area contributed by atoms with Crippen molar-refractivity contribution in [2.75, 3.05) is 50.8 Å². The number of nitrogens with zero attached hydrogens (tertiary/aromatic N) is 2. The molecule has 50 heavy (non-hydrogen) atoms. The molecule has 274 valence electrons. The zero-order chi connectivity index (χ0) is 35.6. The Balaban J connectivity index is 1.34. The summed E-state index contributed by atoms with van der Waals surface area (Å²) in [6.07, 6.45) is 7.35. The first kappa shape index (κ1) is 37.0. The molecule has 4 atom stereocenters. The Morgan fingerprint density at radius 2 is 1.62 bits per heavy atom. The molecule has 0 bridgehead atoms. The van der Waals surface area contributed by atoms with Crippen molar-refractivity contribution in [2.24, 2.45) is 5.92 Å². The number of nitrogens with one attached hydrogen (secondary N) is 3. The number of fused-ring (bicyclic) bond motifs is 2. The van der Waals surface area contributed by atoms with E-state index in [1.165, 1.54) is 6.42 Å². The van der Waals surface area contributed by atoms with E-state index in [9.17, 15) is 19.5 Å². The van der Waals surface area contributed by atoms with Gasteiger partial charge in [0.25, 0.3) is 5.91 Å². The van der Waals surface area contributed by atoms with Crippen molar-refractivity contribution < 1.29 is 38.4 Å². The number of aliphatic hydroxyl groups excluding tert-OH is 1. The van der Waals surface area contributed by atoms with Crippen molar-refractivity contribution in [3.63, 3.8) is 0 Å². The fourth-order valence-corrected chi connectivity index (χ4v) is 6.62. The van der Waals surface area contributed by atoms with Crippen molar-refractivity contribution >= 4 is 29.3 Å². The van der Waals surface area contributed by atoms with Crippen molar-refractivity contribution in [2.45, 2.75) is 96.4 Å². The zero-order valence-electron chi connectivity index (χ0n) is 29.7. The van der Waals surface area contributed by atoms with Crippen molar-refractivity contribution in [3.05, 3.63) is 42.0 Å². The van der Waals surface area contributed by atoms with Crippen LogP contribution in [0.4, 0.5) is 21.0 Å². The van der Waals surface area contributed by atoms with Gasteiger partial charge >= 0.3 is 12.1 Å². The van der Waals surface area contributed by atoms with Gasteiger partial charge in [0.2, 0.25) is 6.79 Å². The largest absolute Gasteiger partial charge is 0.490 e. The van der Waals surface area contributed by atoms with E-state index in [1.807, 2.05) is 13.8 Å². The van der Waals surface area contributed by atoms with E-state index in [0.29, 0.717) is 41.8 Å². The number of likely N-dealkylation sites (N-methyl/N-ethyl adjacent to an activating group) is 1. The monoisotopic (exact) mass is 695 g/mol. The minimum Gasteiger partial charge on any atom is -0.490 e. The van der Waals surface area contributed by atoms with Gasteiger partial charge in [-0.05, 0) is 76.3 Å². The smallest absolute Gasteiger partial charge is 0.323 e. The molecule has 3 aliphatic rings. The van der Waals surface area contributed by atoms with E-state index in [4.69, 9.17) is 18.9 Å². The van der Waals surface area contributed by atoms with E-state index in [0.717, 1.165) is 44.9 Å². The number of anilines is 2. The molecular formula is C37H53N5O8. The van der Waals surface area contributed by atoms with Gasteiger partial charge in [0, 0.05) is 56.1 Å². The molecule has 0 aromatic heterocycles. The van der Waals surface area contributed by atoms with Crippen LogP contribution in [0.1, 0.15) is 82.5 Å². The summed E-state index contributed by atoms with van der Waals surface area (Å²) in [5, 5.41) is 19.1. The summed E-state index contributed by atoms with van der Waals surface area (Å²) >= 11 is 0. The predicted molar refractivity (Wildman–Crippen MR) is 190 cm³/mol. The van der Waals surface area contributed by atoms with Crippen molar-refractivity contribution in [1.82, 2.24) is 15.1 Å². The van der Waals surface area contributed by atoms with Gasteiger partial charge in [0.1, 0.15) is 5.75 Å². The molecule has 5 amide bonds. The molecule has 0 saturated heterocycles. The Morgan fingerprint density at radius 3 is 2.36 bits per heavy atom. The Kier molecular flexibility index (Phi) is 13.1. The summed E-state index contributed by atoms with van der Waals surface area (Å²) in [5.74, 6) is 1.02. The summed E-state index contributed by atoms with van der Waals surface area (Å²) < 4.78 is 23.5. The molecule has 2 aliphatic heterocycles. The van der Waals surface area contributed by atoms with Crippen molar-refractivity contribution in [3.8, 4) is 17.2 Å². The first-order chi connectivity index (χ1) is 24.1. The summed E-state index contributed by atoms with van der Waals surface area (Å²) in [6.45, 7) is 6.77. The second kappa shape index (κ2) is 17.6. The fraction of sp³-hybridized carbons (Fsp3) is 0.595. The van der Waals surface area contributed by atoms with E-state index in [-0.39, 0.29) is 61.6 Å². The van der Waals surface area contributed by atoms with Crippen LogP contribution in [-0.4, -0.2) is 97.3 Å². The average Bonchev–Trinajstić information content (AvgIpc) is 3.58. The van der Waals surface area contributed by atoms with E-state index < -0.39 is 12.1 Å². The van der Waals surface area contributed by atoms with Gasteiger partial charge in [-0.2, -0.15) is 0 Å². The van der Waals surface area contributed by atoms with Crippen LogP contribution in [0.3, 0.4) is 0 Å². The second-order valence-corrected chi connectivity index (χ2v) is 13.8. The number of ether oxygens (including phenoxy) is 4. The van der Waals surface area contributed by atoms with Gasteiger partial charge < -0.3 is 49.8 Å². The number of amides is 5. The van der Waals surface area contributed by atoms with E-state index in [1.54, 1.807) is 60.2 Å². The highest BCUT2D eigenvalue weighted by atomic mass is 16.7. The molecule has 0 unspecified atom stereocenters. The average molecular weight is 696 g/mol. The maximum Gasteiger partial charge on any atom is 0.323 e. The number of carbonyl (C=O) groups is 3. The molecule has 1 aliphatic carbocycles. The molecule has 2 aromatic rings. The number of urea groups is 2. The third-order valence-electron chi connectivity index (χ3n) is 9.67. The number of carbonyl (C=O) groups excluding carboxylic acids is 3. The number of hydrogen-bond acceptors (Lipinski definition) is 8. The molecule has 13 nitrogen and oxygen atoms in total. The molecule has 2 heterocycles. The predicted octanol–water partition coefficient (Wildman–Crippen LogP) is 5.83. The van der Waals surface area contributed by atoms with Crippen LogP contribution in [0.5, 0.6) is 17.2 Å². The lowest BCUT2D eigenvalue weighted by Gasteiger charge is -2.36. The normalized spacial score (nSPS) is 22.4. The summed E-state index contributed by atoms with van der Waals surface area (Å²) in [5.41, 5.74) is 1.18. The highest BCUT2D eigenvalue weighted by molar-refractivity contribution is 6.02. The van der Waals surface area contributed by atoms with Gasteiger partial charge in [0.15, 0.2) is 11.5 Å². The quantitative estimate of drug-likeness (QED) is 0.283. The summed E-state index contributed by atoms with van der Waals surface area (Å²) in [7, 11) is 1.78. The van der Waals surface area contributed by atoms with Gasteiger partial charge in [0.05, 0.1) is 30.4 Å². The summed E-state index contributed by atoms with van der Waals surface area (Å²) in [6, 6.07) is 9.15. The second-order valence-electron chi connectivity index (χ2n) is 13.8. The first-order valence-corrected chi connectivity index (χ1v) is 17.9. The Hall–Kier alpha value is -4.23. The first-order valence-electron chi connectivity index (χ1n) is 17.9. The lowest BCUT2D eigenvalue weighted by atomic mass is 9.96. The Morgan fingerprint density at radius 1 is 0.940 bits per heavy atom. The highest BCUT2D eigenvalue weighted by Crippen LogP contribution is 2.34. The van der Waals surface area contributed by atoms with Gasteiger partial charge in [-0.1, -0.05) is 26.2 Å². The molecule has 1 fully saturated rings. The zero-order valence-corrected chi connectivity index (χ0v) is 29.7. The number of benzene rings is 2. The lowest BCUT2D eigenvalue weighted by molar-refractivity contribution is -0.0123. The topological polar surface area (TPSA) is 151 Å². The lowest BCUT2D eigenvalue weighted by Crippen LogP contribution is -2.50. The van der Waals surface area contributed by atoms with Gasteiger partial charge in [-0.3, -0.25) is 4.79 Å². The van der Waals surface area contributed by atoms with E-state index in [2.05, 4.69) is 16.0 Å².